The van der Waals surface area contributed by atoms with E-state index < -0.39 is 0 Å². The van der Waals surface area contributed by atoms with Crippen LogP contribution in [0, 0.1) is 5.82 Å². The largest absolute Gasteiger partial charge is 0.376 e. The lowest BCUT2D eigenvalue weighted by Crippen LogP contribution is -2.00. The quantitative estimate of drug-likeness (QED) is 0.595. The van der Waals surface area contributed by atoms with E-state index in [9.17, 15) is 4.39 Å². The predicted molar refractivity (Wildman–Crippen MR) is 71.4 cm³/mol. The first-order valence-corrected chi connectivity index (χ1v) is 7.01. The number of aromatic nitrogens is 1. The van der Waals surface area contributed by atoms with Crippen molar-refractivity contribution in [2.24, 2.45) is 0 Å². The van der Waals surface area contributed by atoms with Gasteiger partial charge in [-0.15, -0.1) is 22.9 Å². The lowest BCUT2D eigenvalue weighted by molar-refractivity contribution is 0.121. The lowest BCUT2D eigenvalue weighted by Gasteiger charge is -2.04. The fraction of sp³-hybridized carbons (Fsp3) is 0.308. The summed E-state index contributed by atoms with van der Waals surface area (Å²) in [5, 5.41) is 2.94. The Hall–Kier alpha value is -0.970. The van der Waals surface area contributed by atoms with E-state index in [1.54, 1.807) is 29.5 Å². The topological polar surface area (TPSA) is 22.1 Å². The van der Waals surface area contributed by atoms with E-state index in [2.05, 4.69) is 4.98 Å². The molecule has 0 aliphatic rings. The van der Waals surface area contributed by atoms with Crippen molar-refractivity contribution in [3.63, 3.8) is 0 Å². The van der Waals surface area contributed by atoms with Crippen LogP contribution in [0.1, 0.15) is 16.3 Å². The number of halogens is 2. The highest BCUT2D eigenvalue weighted by molar-refractivity contribution is 7.09. The number of ether oxygens (including phenoxy) is 1. The van der Waals surface area contributed by atoms with Crippen LogP contribution in [0.3, 0.4) is 0 Å². The lowest BCUT2D eigenvalue weighted by atomic mass is 10.2. The van der Waals surface area contributed by atoms with Crippen molar-refractivity contribution in [1.29, 1.82) is 0 Å². The van der Waals surface area contributed by atoms with Crippen LogP contribution in [-0.4, -0.2) is 11.6 Å². The minimum atomic E-state index is -0.226. The van der Waals surface area contributed by atoms with E-state index in [4.69, 9.17) is 16.3 Å². The van der Waals surface area contributed by atoms with Gasteiger partial charge in [0.1, 0.15) is 5.82 Å². The molecule has 0 unspecified atom stereocenters. The summed E-state index contributed by atoms with van der Waals surface area (Å²) in [5.41, 5.74) is 1.48. The maximum absolute atomic E-state index is 13.3. The van der Waals surface area contributed by atoms with Crippen LogP contribution in [0.4, 0.5) is 4.39 Å². The second-order valence-corrected chi connectivity index (χ2v) is 4.97. The molecule has 2 nitrogen and oxygen atoms in total. The maximum Gasteiger partial charge on any atom is 0.128 e. The van der Waals surface area contributed by atoms with Crippen LogP contribution in [0.15, 0.2) is 29.6 Å². The molecule has 0 fully saturated rings. The Morgan fingerprint density at radius 3 is 2.89 bits per heavy atom. The van der Waals surface area contributed by atoms with E-state index >= 15 is 0 Å². The van der Waals surface area contributed by atoms with Crippen molar-refractivity contribution in [2.75, 3.05) is 6.61 Å². The Labute approximate surface area is 114 Å². The van der Waals surface area contributed by atoms with Gasteiger partial charge in [0.25, 0.3) is 0 Å². The first-order chi connectivity index (χ1) is 8.79. The Bertz CT molecular complexity index is 503. The van der Waals surface area contributed by atoms with Gasteiger partial charge in [0.05, 0.1) is 29.8 Å². The minimum Gasteiger partial charge on any atom is -0.376 e. The van der Waals surface area contributed by atoms with Gasteiger partial charge in [-0.1, -0.05) is 18.2 Å². The summed E-state index contributed by atoms with van der Waals surface area (Å²) in [6.07, 6.45) is 0.732. The van der Waals surface area contributed by atoms with Gasteiger partial charge in [-0.2, -0.15) is 0 Å². The fourth-order valence-corrected chi connectivity index (χ4v) is 2.49. The molecule has 5 heteroatoms. The smallest absolute Gasteiger partial charge is 0.128 e. The van der Waals surface area contributed by atoms with Gasteiger partial charge < -0.3 is 4.74 Å². The van der Waals surface area contributed by atoms with Crippen LogP contribution < -0.4 is 0 Å². The third kappa shape index (κ3) is 3.77. The van der Waals surface area contributed by atoms with E-state index in [0.29, 0.717) is 24.7 Å². The molecule has 0 saturated heterocycles. The molecule has 96 valence electrons. The Balaban J connectivity index is 1.74. The maximum atomic E-state index is 13.3. The van der Waals surface area contributed by atoms with Crippen molar-refractivity contribution < 1.29 is 9.13 Å². The van der Waals surface area contributed by atoms with Gasteiger partial charge in [-0.3, -0.25) is 0 Å². The summed E-state index contributed by atoms with van der Waals surface area (Å²) in [6, 6.07) is 6.63. The van der Waals surface area contributed by atoms with Crippen LogP contribution >= 0.6 is 22.9 Å². The number of nitrogens with zero attached hydrogens (tertiary/aromatic N) is 1. The van der Waals surface area contributed by atoms with Gasteiger partial charge in [0.15, 0.2) is 0 Å². The highest BCUT2D eigenvalue weighted by Crippen LogP contribution is 2.13. The molecule has 0 amide bonds. The number of hydrogen-bond donors (Lipinski definition) is 0. The molecule has 0 aliphatic carbocycles. The van der Waals surface area contributed by atoms with Crippen LogP contribution in [0.2, 0.25) is 0 Å². The van der Waals surface area contributed by atoms with Crippen molar-refractivity contribution in [3.8, 4) is 0 Å². The summed E-state index contributed by atoms with van der Waals surface area (Å²) in [7, 11) is 0. The van der Waals surface area contributed by atoms with Crippen molar-refractivity contribution >= 4 is 22.9 Å². The summed E-state index contributed by atoms with van der Waals surface area (Å²) >= 11 is 7.24. The average Bonchev–Trinajstić information content (AvgIpc) is 2.84. The molecular weight excluding hydrogens is 273 g/mol. The van der Waals surface area contributed by atoms with Crippen LogP contribution in [-0.2, 0) is 23.6 Å². The van der Waals surface area contributed by atoms with Gasteiger partial charge in [-0.05, 0) is 6.07 Å². The van der Waals surface area contributed by atoms with E-state index in [0.717, 1.165) is 17.1 Å². The van der Waals surface area contributed by atoms with Crippen molar-refractivity contribution in [3.05, 3.63) is 51.7 Å². The summed E-state index contributed by atoms with van der Waals surface area (Å²) < 4.78 is 18.7. The summed E-state index contributed by atoms with van der Waals surface area (Å²) in [4.78, 5) is 4.32. The Morgan fingerprint density at radius 1 is 1.33 bits per heavy atom. The monoisotopic (exact) mass is 285 g/mol. The van der Waals surface area contributed by atoms with E-state index in [1.807, 2.05) is 5.38 Å². The van der Waals surface area contributed by atoms with E-state index in [-0.39, 0.29) is 5.82 Å². The molecule has 1 aromatic carbocycles. The Morgan fingerprint density at radius 2 is 2.17 bits per heavy atom. The summed E-state index contributed by atoms with van der Waals surface area (Å²) in [5.74, 6) is 0.211. The molecule has 1 aromatic heterocycles. The van der Waals surface area contributed by atoms with Gasteiger partial charge in [-0.25, -0.2) is 9.37 Å². The highest BCUT2D eigenvalue weighted by atomic mass is 35.5. The molecule has 0 saturated carbocycles. The third-order valence-electron chi connectivity index (χ3n) is 2.41. The molecule has 0 aliphatic heterocycles. The molecule has 18 heavy (non-hydrogen) atoms. The predicted octanol–water partition coefficient (Wildman–Crippen LogP) is 3.78. The molecule has 0 N–H and O–H groups in total. The fourth-order valence-electron chi connectivity index (χ4n) is 1.48. The first-order valence-electron chi connectivity index (χ1n) is 5.60. The molecule has 1 heterocycles. The molecular formula is C13H13ClFNOS. The van der Waals surface area contributed by atoms with Crippen LogP contribution in [0.25, 0.3) is 0 Å². The Kier molecular flexibility index (Phi) is 5.11. The number of hydrogen-bond acceptors (Lipinski definition) is 3. The standard InChI is InChI=1S/C13H13ClFNOS/c14-7-11-9-18-13(16-11)5-6-17-8-10-3-1-2-4-12(10)15/h1-4,9H,5-8H2. The zero-order valence-corrected chi connectivity index (χ0v) is 11.3. The molecule has 0 bridgehead atoms. The normalized spacial score (nSPS) is 10.8. The van der Waals surface area contributed by atoms with E-state index in [1.165, 1.54) is 6.07 Å². The molecule has 2 aromatic rings. The SMILES string of the molecule is Fc1ccccc1COCCc1nc(CCl)cs1. The van der Waals surface area contributed by atoms with Crippen LogP contribution in [0.5, 0.6) is 0 Å². The van der Waals surface area contributed by atoms with Crippen molar-refractivity contribution in [1.82, 2.24) is 4.98 Å². The summed E-state index contributed by atoms with van der Waals surface area (Å²) in [6.45, 7) is 0.823. The molecule has 0 spiro atoms. The second-order valence-electron chi connectivity index (χ2n) is 3.76. The number of rotatable bonds is 6. The van der Waals surface area contributed by atoms with Crippen molar-refractivity contribution in [2.45, 2.75) is 18.9 Å². The molecule has 0 atom stereocenters. The first kappa shape index (κ1) is 13.5. The zero-order valence-electron chi connectivity index (χ0n) is 9.73. The third-order valence-corrected chi connectivity index (χ3v) is 3.64. The number of benzene rings is 1. The van der Waals surface area contributed by atoms with Gasteiger partial charge in [0, 0.05) is 17.4 Å². The second kappa shape index (κ2) is 6.83. The highest BCUT2D eigenvalue weighted by Gasteiger charge is 2.03. The molecule has 2 rings (SSSR count). The number of thiazole rings is 1. The molecule has 0 radical (unpaired) electrons. The average molecular weight is 286 g/mol. The number of alkyl halides is 1. The zero-order chi connectivity index (χ0) is 12.8. The van der Waals surface area contributed by atoms with Gasteiger partial charge >= 0.3 is 0 Å². The van der Waals surface area contributed by atoms with Gasteiger partial charge in [0.2, 0.25) is 0 Å². The minimum absolute atomic E-state index is 0.226.